The molecular weight excluding hydrogens is 1380 g/mol. The molecule has 0 N–H and O–H groups in total. The van der Waals surface area contributed by atoms with Crippen molar-refractivity contribution in [2.45, 2.75) is 66.2 Å². The molecule has 2 aromatic heterocycles. The van der Waals surface area contributed by atoms with E-state index in [0.29, 0.717) is 0 Å². The second kappa shape index (κ2) is 25.1. The third-order valence-electron chi connectivity index (χ3n) is 22.6. The fourth-order valence-corrected chi connectivity index (χ4v) is 20.1. The number of nitrogens with zero attached hydrogens (tertiary/aromatic N) is 5. The second-order valence-electron chi connectivity index (χ2n) is 31.7. The predicted octanol–water partition coefficient (Wildman–Crippen LogP) is 21.0. The Hall–Kier alpha value is -12.3. The van der Waals surface area contributed by atoms with Crippen LogP contribution in [0.3, 0.4) is 0 Å². The first-order chi connectivity index (χ1) is 53.6. The molecule has 9 nitrogen and oxygen atoms in total. The zero-order valence-electron chi connectivity index (χ0n) is 62.3. The molecule has 110 heavy (non-hydrogen) atoms. The van der Waals surface area contributed by atoms with Gasteiger partial charge in [0.2, 0.25) is 0 Å². The van der Waals surface area contributed by atoms with Crippen molar-refractivity contribution < 1.29 is 18.9 Å². The number of ether oxygens (including phenoxy) is 4. The summed E-state index contributed by atoms with van der Waals surface area (Å²) in [5.41, 5.74) is 25.0. The summed E-state index contributed by atoms with van der Waals surface area (Å²) >= 11 is 3.72. The molecule has 0 fully saturated rings. The molecule has 0 unspecified atom stereocenters. The number of rotatable bonds is 11. The van der Waals surface area contributed by atoms with Gasteiger partial charge in [0.05, 0.1) is 17.1 Å². The van der Waals surface area contributed by atoms with Crippen LogP contribution in [0.15, 0.2) is 303 Å². The van der Waals surface area contributed by atoms with E-state index >= 15 is 0 Å². The molecule has 528 valence electrons. The van der Waals surface area contributed by atoms with E-state index in [2.05, 4.69) is 383 Å². The smallest absolute Gasteiger partial charge is 0.273 e. The lowest BCUT2D eigenvalue weighted by molar-refractivity contribution is 0.464. The van der Waals surface area contributed by atoms with Crippen LogP contribution in [-0.2, 0) is 10.8 Å². The molecule has 21 rings (SSSR count). The number of para-hydroxylation sites is 8. The van der Waals surface area contributed by atoms with Gasteiger partial charge in [0.1, 0.15) is 46.0 Å². The Balaban J connectivity index is 0.860. The molecule has 14 heteroatoms. The third kappa shape index (κ3) is 10.5. The van der Waals surface area contributed by atoms with Gasteiger partial charge >= 0.3 is 0 Å². The molecule has 0 radical (unpaired) electrons. The second-order valence-corrected chi connectivity index (χ2v) is 33.8. The maximum atomic E-state index is 7.80. The molecule has 0 spiro atoms. The van der Waals surface area contributed by atoms with Crippen molar-refractivity contribution in [3.05, 3.63) is 324 Å². The molecule has 6 aliphatic rings. The quantitative estimate of drug-likeness (QED) is 0.118. The van der Waals surface area contributed by atoms with Gasteiger partial charge in [0, 0.05) is 135 Å². The molecular formula is C96H74B3N5O4S2. The number of hydrogen-bond acceptors (Lipinski definition) is 11. The Bertz CT molecular complexity index is 5780. The van der Waals surface area contributed by atoms with Crippen LogP contribution in [0.25, 0.3) is 0 Å². The fraction of sp³-hybridized carbons (Fsp3) is 0.104. The maximum absolute atomic E-state index is 7.80. The Morgan fingerprint density at radius 3 is 0.855 bits per heavy atom. The van der Waals surface area contributed by atoms with Crippen molar-refractivity contribution in [2.24, 2.45) is 0 Å². The number of thiophene rings is 2. The van der Waals surface area contributed by atoms with Gasteiger partial charge in [-0.05, 0) is 172 Å². The zero-order valence-corrected chi connectivity index (χ0v) is 63.9. The molecule has 0 saturated heterocycles. The highest BCUT2D eigenvalue weighted by atomic mass is 32.1. The van der Waals surface area contributed by atoms with E-state index in [9.17, 15) is 0 Å². The summed E-state index contributed by atoms with van der Waals surface area (Å²) < 4.78 is 32.7. The SMILES string of the molecule is Cc1ccccc1N1c2cc3c(cc2B2c4cc5c(cc4N(c4ccccc4C)c4cc(N(c6ccccc6)c6ccccc6)cc1c42)Oc1cc(N(c2ccccc2)c2ccccc2)cc2c1B5c1sc(C(C)(C)C)cc1O2)B1c2sc(C(C)(C)C)cc2Oc2cc(N(c4ccccc4)c4ccccc4)cc(c21)O3. The zero-order chi connectivity index (χ0) is 74.0. The van der Waals surface area contributed by atoms with Gasteiger partial charge in [0.25, 0.3) is 20.1 Å². The first-order valence-electron chi connectivity index (χ1n) is 37.9. The molecule has 0 amide bonds. The van der Waals surface area contributed by atoms with Crippen LogP contribution in [0.2, 0.25) is 0 Å². The van der Waals surface area contributed by atoms with Crippen molar-refractivity contribution in [1.29, 1.82) is 0 Å². The molecule has 0 aliphatic carbocycles. The summed E-state index contributed by atoms with van der Waals surface area (Å²) in [6, 6.07) is 110. The summed E-state index contributed by atoms with van der Waals surface area (Å²) in [6.07, 6.45) is 0. The van der Waals surface area contributed by atoms with Gasteiger partial charge in [-0.1, -0.05) is 199 Å². The number of hydrogen-bond donors (Lipinski definition) is 0. The minimum absolute atomic E-state index is 0.162. The highest BCUT2D eigenvalue weighted by Crippen LogP contribution is 2.54. The normalized spacial score (nSPS) is 13.5. The van der Waals surface area contributed by atoms with Crippen LogP contribution in [0.4, 0.5) is 85.3 Å². The van der Waals surface area contributed by atoms with Crippen LogP contribution < -0.4 is 91.2 Å². The van der Waals surface area contributed by atoms with E-state index in [1.54, 1.807) is 0 Å². The molecule has 6 aliphatic heterocycles. The van der Waals surface area contributed by atoms with E-state index in [-0.39, 0.29) is 31.0 Å². The Morgan fingerprint density at radius 2 is 0.545 bits per heavy atom. The van der Waals surface area contributed by atoms with Crippen LogP contribution >= 0.6 is 22.7 Å². The number of anilines is 15. The van der Waals surface area contributed by atoms with Crippen molar-refractivity contribution in [2.75, 3.05) is 24.5 Å². The van der Waals surface area contributed by atoms with Crippen LogP contribution in [0.1, 0.15) is 62.4 Å². The lowest BCUT2D eigenvalue weighted by Gasteiger charge is -2.46. The lowest BCUT2D eigenvalue weighted by atomic mass is 9.30. The molecule has 15 aromatic rings. The molecule has 0 saturated carbocycles. The van der Waals surface area contributed by atoms with Gasteiger partial charge < -0.3 is 43.4 Å². The first-order valence-corrected chi connectivity index (χ1v) is 39.6. The Morgan fingerprint density at radius 1 is 0.255 bits per heavy atom. The third-order valence-corrected chi connectivity index (χ3v) is 25.8. The largest absolute Gasteiger partial charge is 0.458 e. The van der Waals surface area contributed by atoms with Gasteiger partial charge in [0.15, 0.2) is 0 Å². The summed E-state index contributed by atoms with van der Waals surface area (Å²) in [5, 5.41) is 0. The highest BCUT2D eigenvalue weighted by Gasteiger charge is 2.51. The van der Waals surface area contributed by atoms with Crippen LogP contribution in [-0.4, -0.2) is 20.1 Å². The van der Waals surface area contributed by atoms with E-state index in [0.717, 1.165) is 175 Å². The number of fused-ring (bicyclic) bond motifs is 12. The lowest BCUT2D eigenvalue weighted by Crippen LogP contribution is -2.65. The standard InChI is InChI=1S/C96H74B3N5O4S2/c1-59-31-27-29-45-74(59)103-76-55-80-72(98-91-82(105-80)49-68(51-84(91)107-86-57-88(95(3,4)5)109-93(86)98)101(63-37-19-11-20-38-63)64-39-21-12-22-40-64)53-70(76)97-71-54-73-81(56-77(71)104(75-46-30-28-32-60(75)2)79-48-67(47-78(103)90(79)97)100(61-33-15-9-16-34-61)62-35-17-10-18-36-62)106-83-50-69(102(65-41-23-13-24-42-65)66-43-25-14-26-44-66)52-85-92(83)99(73)94-87(108-85)58-89(110-94)96(6,7)8/h9-58H,1-8H3. The minimum atomic E-state index is -0.361. The van der Waals surface area contributed by atoms with Gasteiger partial charge in [-0.2, -0.15) is 0 Å². The van der Waals surface area contributed by atoms with Crippen molar-refractivity contribution >= 4 is 176 Å². The monoisotopic (exact) mass is 1460 g/mol. The molecule has 0 atom stereocenters. The van der Waals surface area contributed by atoms with Crippen molar-refractivity contribution in [3.8, 4) is 46.0 Å². The summed E-state index contributed by atoms with van der Waals surface area (Å²) in [4.78, 5) is 14.7. The van der Waals surface area contributed by atoms with Crippen molar-refractivity contribution in [3.63, 3.8) is 0 Å². The number of aryl methyl sites for hydroxylation is 2. The summed E-state index contributed by atoms with van der Waals surface area (Å²) in [5.74, 6) is 6.41. The summed E-state index contributed by atoms with van der Waals surface area (Å²) in [6.45, 7) is 17.5. The number of benzene rings is 13. The van der Waals surface area contributed by atoms with Crippen molar-refractivity contribution in [1.82, 2.24) is 0 Å². The molecule has 0 bridgehead atoms. The topological polar surface area (TPSA) is 53.1 Å². The molecule has 13 aromatic carbocycles. The highest BCUT2D eigenvalue weighted by molar-refractivity contribution is 7.29. The van der Waals surface area contributed by atoms with Gasteiger partial charge in [-0.15, -0.1) is 22.7 Å². The first kappa shape index (κ1) is 65.9. The van der Waals surface area contributed by atoms with Crippen LogP contribution in [0, 0.1) is 13.8 Å². The Kier molecular flexibility index (Phi) is 15.0. The Labute approximate surface area is 651 Å². The summed E-state index contributed by atoms with van der Waals surface area (Å²) in [7, 11) is 0. The van der Waals surface area contributed by atoms with E-state index in [1.807, 2.05) is 22.7 Å². The fourth-order valence-electron chi connectivity index (χ4n) is 17.5. The van der Waals surface area contributed by atoms with E-state index in [4.69, 9.17) is 18.9 Å². The van der Waals surface area contributed by atoms with Gasteiger partial charge in [-0.25, -0.2) is 0 Å². The maximum Gasteiger partial charge on any atom is 0.273 e. The average Bonchev–Trinajstić information content (AvgIpc) is 1.13. The van der Waals surface area contributed by atoms with Gasteiger partial charge in [-0.3, -0.25) is 0 Å². The average molecular weight is 1460 g/mol. The van der Waals surface area contributed by atoms with Crippen LogP contribution in [0.5, 0.6) is 46.0 Å². The van der Waals surface area contributed by atoms with E-state index in [1.165, 1.54) is 24.8 Å². The predicted molar refractivity (Wildman–Crippen MR) is 463 cm³/mol. The van der Waals surface area contributed by atoms with E-state index < -0.39 is 0 Å². The minimum Gasteiger partial charge on any atom is -0.458 e. The molecule has 8 heterocycles.